The monoisotopic (exact) mass is 366 g/mol. The number of carbonyl (C=O) groups is 2. The van der Waals surface area contributed by atoms with Crippen LogP contribution in [0.1, 0.15) is 38.8 Å². The number of hydrogen-bond donors (Lipinski definition) is 3. The van der Waals surface area contributed by atoms with Gasteiger partial charge >= 0.3 is 12.0 Å². The van der Waals surface area contributed by atoms with Crippen LogP contribution in [0.25, 0.3) is 0 Å². The van der Waals surface area contributed by atoms with Crippen LogP contribution >= 0.6 is 11.6 Å². The van der Waals surface area contributed by atoms with Gasteiger partial charge in [0.2, 0.25) is 0 Å². The second kappa shape index (κ2) is 8.87. The van der Waals surface area contributed by atoms with Crippen molar-refractivity contribution in [1.82, 2.24) is 10.6 Å². The first-order valence-corrected chi connectivity index (χ1v) is 8.90. The van der Waals surface area contributed by atoms with Crippen LogP contribution in [0.15, 0.2) is 35.5 Å². The van der Waals surface area contributed by atoms with Crippen LogP contribution in [0.3, 0.4) is 0 Å². The molecule has 2 amide bonds. The van der Waals surface area contributed by atoms with Gasteiger partial charge < -0.3 is 20.7 Å². The first-order chi connectivity index (χ1) is 12.0. The van der Waals surface area contributed by atoms with E-state index in [0.717, 1.165) is 5.56 Å². The van der Waals surface area contributed by atoms with Gasteiger partial charge in [-0.3, -0.25) is 0 Å². The van der Waals surface area contributed by atoms with E-state index in [1.54, 1.807) is 6.92 Å². The van der Waals surface area contributed by atoms with E-state index >= 15 is 0 Å². The van der Waals surface area contributed by atoms with Gasteiger partial charge in [-0.1, -0.05) is 30.7 Å². The molecule has 0 radical (unpaired) electrons. The summed E-state index contributed by atoms with van der Waals surface area (Å²) in [6, 6.07) is 7.18. The lowest BCUT2D eigenvalue weighted by molar-refractivity contribution is -0.686. The maximum atomic E-state index is 12.3. The lowest BCUT2D eigenvalue weighted by Gasteiger charge is -2.28. The smallest absolute Gasteiger partial charge is 0.338 e. The summed E-state index contributed by atoms with van der Waals surface area (Å²) in [7, 11) is 0. The zero-order valence-corrected chi connectivity index (χ0v) is 15.5. The molecule has 1 aromatic carbocycles. The first-order valence-electron chi connectivity index (χ1n) is 8.52. The molecule has 0 saturated heterocycles. The second-order valence-corrected chi connectivity index (χ2v) is 6.39. The van der Waals surface area contributed by atoms with E-state index < -0.39 is 0 Å². The predicted molar refractivity (Wildman–Crippen MR) is 96.1 cm³/mol. The van der Waals surface area contributed by atoms with Crippen LogP contribution < -0.4 is 16.0 Å². The van der Waals surface area contributed by atoms with E-state index in [4.69, 9.17) is 16.3 Å². The summed E-state index contributed by atoms with van der Waals surface area (Å²) in [4.78, 5) is 24.2. The number of nitrogens with two attached hydrogens (primary N) is 1. The highest BCUT2D eigenvalue weighted by atomic mass is 35.5. The molecule has 1 heterocycles. The lowest BCUT2D eigenvalue weighted by atomic mass is 10.00. The van der Waals surface area contributed by atoms with Gasteiger partial charge in [0.15, 0.2) is 0 Å². The quantitative estimate of drug-likeness (QED) is 0.644. The third-order valence-electron chi connectivity index (χ3n) is 4.22. The van der Waals surface area contributed by atoms with Crippen molar-refractivity contribution in [2.24, 2.45) is 0 Å². The minimum absolute atomic E-state index is 0.153. The Kier molecular flexibility index (Phi) is 6.84. The Morgan fingerprint density at radius 2 is 2.00 bits per heavy atom. The number of carbonyl (C=O) groups excluding carboxylic acids is 2. The highest BCUT2D eigenvalue weighted by Crippen LogP contribution is 2.17. The number of halogens is 1. The molecular formula is C18H25ClN3O3+. The zero-order valence-electron chi connectivity index (χ0n) is 14.8. The molecule has 0 aliphatic carbocycles. The third kappa shape index (κ3) is 4.96. The van der Waals surface area contributed by atoms with Crippen molar-refractivity contribution in [1.29, 1.82) is 0 Å². The molecule has 7 heteroatoms. The standard InChI is InChI=1S/C18H24ClN3O3/c1-4-14-16(17(23)25-5-2)15(22-18(24)21-14)10-20-11(3)12-6-8-13(19)9-7-12/h6-9,11,14,20H,4-5,10H2,1-3H3,(H2,21,22,24)/p+1/t11-,14-/m1/s1. The van der Waals surface area contributed by atoms with E-state index in [2.05, 4.69) is 22.9 Å². The van der Waals surface area contributed by atoms with Crippen molar-refractivity contribution < 1.29 is 19.6 Å². The topological polar surface area (TPSA) is 84.0 Å². The number of nitrogens with one attached hydrogen (secondary N) is 2. The van der Waals surface area contributed by atoms with Gasteiger partial charge in [-0.2, -0.15) is 0 Å². The molecule has 0 aromatic heterocycles. The van der Waals surface area contributed by atoms with E-state index in [1.807, 2.05) is 31.2 Å². The Hall–Kier alpha value is -2.05. The van der Waals surface area contributed by atoms with Crippen molar-refractivity contribution >= 4 is 23.6 Å². The average Bonchev–Trinajstić information content (AvgIpc) is 2.59. The van der Waals surface area contributed by atoms with Crippen LogP contribution in [-0.4, -0.2) is 31.2 Å². The molecule has 0 saturated carbocycles. The molecule has 25 heavy (non-hydrogen) atoms. The number of quaternary nitrogens is 1. The van der Waals surface area contributed by atoms with Gasteiger partial charge in [0.05, 0.1) is 23.9 Å². The van der Waals surface area contributed by atoms with Crippen LogP contribution in [0.5, 0.6) is 0 Å². The number of esters is 1. The van der Waals surface area contributed by atoms with E-state index in [0.29, 0.717) is 35.9 Å². The molecule has 2 atom stereocenters. The van der Waals surface area contributed by atoms with Gasteiger partial charge in [0.1, 0.15) is 12.6 Å². The minimum Gasteiger partial charge on any atom is -0.463 e. The third-order valence-corrected chi connectivity index (χ3v) is 4.47. The molecule has 1 aromatic rings. The van der Waals surface area contributed by atoms with Crippen LogP contribution in [0.2, 0.25) is 5.02 Å². The Balaban J connectivity index is 2.17. The molecular weight excluding hydrogens is 342 g/mol. The van der Waals surface area contributed by atoms with Crippen LogP contribution in [-0.2, 0) is 9.53 Å². The number of urea groups is 1. The van der Waals surface area contributed by atoms with Gasteiger partial charge in [-0.25, -0.2) is 9.59 Å². The zero-order chi connectivity index (χ0) is 18.4. The van der Waals surface area contributed by atoms with Gasteiger partial charge in [-0.05, 0) is 32.4 Å². The van der Waals surface area contributed by atoms with Gasteiger partial charge in [0, 0.05) is 10.6 Å². The molecule has 136 valence electrons. The number of benzene rings is 1. The van der Waals surface area contributed by atoms with Crippen LogP contribution in [0, 0.1) is 0 Å². The Bertz CT molecular complexity index is 658. The summed E-state index contributed by atoms with van der Waals surface area (Å²) < 4.78 is 5.17. The minimum atomic E-state index is -0.385. The summed E-state index contributed by atoms with van der Waals surface area (Å²) in [5.74, 6) is -0.385. The van der Waals surface area contributed by atoms with E-state index in [1.165, 1.54) is 0 Å². The Morgan fingerprint density at radius 1 is 1.32 bits per heavy atom. The average molecular weight is 367 g/mol. The van der Waals surface area contributed by atoms with Gasteiger partial charge in [-0.15, -0.1) is 0 Å². The fraction of sp³-hybridized carbons (Fsp3) is 0.444. The fourth-order valence-electron chi connectivity index (χ4n) is 2.82. The van der Waals surface area contributed by atoms with Crippen molar-refractivity contribution in [3.8, 4) is 0 Å². The Labute approximate surface area is 153 Å². The maximum absolute atomic E-state index is 12.3. The molecule has 4 N–H and O–H groups in total. The molecule has 0 unspecified atom stereocenters. The summed E-state index contributed by atoms with van der Waals surface area (Å²) in [5, 5.41) is 8.30. The predicted octanol–water partition coefficient (Wildman–Crippen LogP) is 1.87. The Morgan fingerprint density at radius 3 is 2.60 bits per heavy atom. The molecule has 0 bridgehead atoms. The highest BCUT2D eigenvalue weighted by molar-refractivity contribution is 6.30. The molecule has 2 rings (SSSR count). The van der Waals surface area contributed by atoms with E-state index in [9.17, 15) is 9.59 Å². The van der Waals surface area contributed by atoms with Crippen molar-refractivity contribution in [2.45, 2.75) is 39.3 Å². The molecule has 0 spiro atoms. The SMILES string of the molecule is CCOC(=O)C1=C(C[NH2+][C@H](C)c2ccc(Cl)cc2)NC(=O)N[C@@H]1CC. The van der Waals surface area contributed by atoms with Crippen molar-refractivity contribution in [2.75, 3.05) is 13.2 Å². The summed E-state index contributed by atoms with van der Waals surface area (Å²) in [6.45, 7) is 6.52. The molecule has 1 aliphatic heterocycles. The first kappa shape index (κ1) is 19.3. The van der Waals surface area contributed by atoms with Crippen molar-refractivity contribution in [3.05, 3.63) is 46.1 Å². The highest BCUT2D eigenvalue weighted by Gasteiger charge is 2.32. The number of rotatable bonds is 7. The largest absolute Gasteiger partial charge is 0.463 e. The molecule has 1 aliphatic rings. The van der Waals surface area contributed by atoms with Crippen molar-refractivity contribution in [3.63, 3.8) is 0 Å². The van der Waals surface area contributed by atoms with Crippen LogP contribution in [0.4, 0.5) is 4.79 Å². The summed E-state index contributed by atoms with van der Waals surface area (Å²) >= 11 is 5.92. The number of ether oxygens (including phenoxy) is 1. The second-order valence-electron chi connectivity index (χ2n) is 5.95. The van der Waals surface area contributed by atoms with Gasteiger partial charge in [0.25, 0.3) is 0 Å². The number of hydrogen-bond acceptors (Lipinski definition) is 3. The fourth-order valence-corrected chi connectivity index (χ4v) is 2.95. The summed E-state index contributed by atoms with van der Waals surface area (Å²) in [5.41, 5.74) is 2.23. The van der Waals surface area contributed by atoms with E-state index in [-0.39, 0.29) is 24.1 Å². The molecule has 6 nitrogen and oxygen atoms in total. The number of amides is 2. The summed E-state index contributed by atoms with van der Waals surface area (Å²) in [6.07, 6.45) is 0.623. The molecule has 0 fully saturated rings. The maximum Gasteiger partial charge on any atom is 0.338 e. The lowest BCUT2D eigenvalue weighted by Crippen LogP contribution is -2.86. The normalized spacial score (nSPS) is 18.4.